The van der Waals surface area contributed by atoms with E-state index in [1.165, 1.54) is 38.9 Å². The van der Waals surface area contributed by atoms with E-state index in [1.54, 1.807) is 6.26 Å². The summed E-state index contributed by atoms with van der Waals surface area (Å²) >= 11 is 3.46. The highest BCUT2D eigenvalue weighted by Gasteiger charge is 2.14. The van der Waals surface area contributed by atoms with Gasteiger partial charge in [0.2, 0.25) is 0 Å². The molecule has 2 rings (SSSR count). The minimum absolute atomic E-state index is 0.810. The van der Waals surface area contributed by atoms with E-state index in [9.17, 15) is 0 Å². The zero-order chi connectivity index (χ0) is 12.8. The van der Waals surface area contributed by atoms with Gasteiger partial charge in [0.1, 0.15) is 5.76 Å². The first-order valence-corrected chi connectivity index (χ1v) is 7.70. The van der Waals surface area contributed by atoms with Gasteiger partial charge in [-0.1, -0.05) is 6.92 Å². The molecule has 1 N–H and O–H groups in total. The van der Waals surface area contributed by atoms with Crippen molar-refractivity contribution in [3.8, 4) is 0 Å². The third kappa shape index (κ3) is 4.41. The number of nitrogens with one attached hydrogen (secondary N) is 1. The van der Waals surface area contributed by atoms with Crippen LogP contribution in [0.5, 0.6) is 0 Å². The molecule has 1 aromatic heterocycles. The third-order valence-electron chi connectivity index (χ3n) is 3.68. The van der Waals surface area contributed by atoms with Gasteiger partial charge in [0, 0.05) is 0 Å². The average Bonchev–Trinajstić information content (AvgIpc) is 2.77. The fraction of sp³-hybridized carbons (Fsp3) is 0.714. The van der Waals surface area contributed by atoms with Gasteiger partial charge in [-0.15, -0.1) is 0 Å². The Morgan fingerprint density at radius 2 is 2.22 bits per heavy atom. The molecule has 0 amide bonds. The summed E-state index contributed by atoms with van der Waals surface area (Å²) in [5.74, 6) is 1.91. The van der Waals surface area contributed by atoms with Crippen molar-refractivity contribution in [1.29, 1.82) is 0 Å². The molecule has 0 bridgehead atoms. The molecular weight excluding hydrogens is 292 g/mol. The molecule has 0 aliphatic carbocycles. The van der Waals surface area contributed by atoms with Crippen molar-refractivity contribution in [3.63, 3.8) is 0 Å². The minimum Gasteiger partial charge on any atom is -0.467 e. The van der Waals surface area contributed by atoms with E-state index in [2.05, 4.69) is 33.1 Å². The van der Waals surface area contributed by atoms with E-state index in [0.29, 0.717) is 0 Å². The van der Waals surface area contributed by atoms with E-state index in [4.69, 9.17) is 4.42 Å². The quantitative estimate of drug-likeness (QED) is 0.817. The molecule has 0 saturated carbocycles. The molecule has 1 fully saturated rings. The minimum atomic E-state index is 0.810. The topological polar surface area (TPSA) is 28.4 Å². The second-order valence-electron chi connectivity index (χ2n) is 5.25. The van der Waals surface area contributed by atoms with Crippen LogP contribution in [0.1, 0.15) is 31.9 Å². The van der Waals surface area contributed by atoms with Crippen LogP contribution in [0.4, 0.5) is 0 Å². The molecule has 3 nitrogen and oxygen atoms in total. The monoisotopic (exact) mass is 314 g/mol. The number of halogens is 1. The predicted octanol–water partition coefficient (Wildman–Crippen LogP) is 3.25. The van der Waals surface area contributed by atoms with Crippen molar-refractivity contribution in [3.05, 3.63) is 22.6 Å². The molecule has 0 aromatic carbocycles. The zero-order valence-corrected chi connectivity index (χ0v) is 12.7. The van der Waals surface area contributed by atoms with Gasteiger partial charge in [-0.3, -0.25) is 0 Å². The van der Waals surface area contributed by atoms with Crippen molar-refractivity contribution in [1.82, 2.24) is 10.2 Å². The molecule has 18 heavy (non-hydrogen) atoms. The molecule has 102 valence electrons. The number of likely N-dealkylation sites (tertiary alicyclic amines) is 1. The lowest BCUT2D eigenvalue weighted by molar-refractivity contribution is 0.190. The highest BCUT2D eigenvalue weighted by molar-refractivity contribution is 9.10. The van der Waals surface area contributed by atoms with E-state index < -0.39 is 0 Å². The Morgan fingerprint density at radius 3 is 2.89 bits per heavy atom. The SMILES string of the molecule is CC1CCN(CCCNCc2occc2Br)CC1. The maximum atomic E-state index is 5.35. The second-order valence-corrected chi connectivity index (χ2v) is 6.10. The fourth-order valence-electron chi connectivity index (χ4n) is 2.37. The molecule has 1 saturated heterocycles. The number of nitrogens with zero attached hydrogens (tertiary/aromatic N) is 1. The van der Waals surface area contributed by atoms with Crippen LogP contribution in [0.25, 0.3) is 0 Å². The Labute approximate surface area is 118 Å². The first-order valence-electron chi connectivity index (χ1n) is 6.90. The highest BCUT2D eigenvalue weighted by Crippen LogP contribution is 2.17. The number of hydrogen-bond donors (Lipinski definition) is 1. The van der Waals surface area contributed by atoms with Crippen LogP contribution in [0, 0.1) is 5.92 Å². The van der Waals surface area contributed by atoms with Crippen LogP contribution < -0.4 is 5.32 Å². The highest BCUT2D eigenvalue weighted by atomic mass is 79.9. The molecular formula is C14H23BrN2O. The van der Waals surface area contributed by atoms with Gasteiger partial charge >= 0.3 is 0 Å². The van der Waals surface area contributed by atoms with Gasteiger partial charge in [0.05, 0.1) is 17.3 Å². The van der Waals surface area contributed by atoms with Gasteiger partial charge in [0.15, 0.2) is 0 Å². The zero-order valence-electron chi connectivity index (χ0n) is 11.1. The molecule has 4 heteroatoms. The second kappa shape index (κ2) is 7.31. The number of piperidine rings is 1. The maximum absolute atomic E-state index is 5.35. The number of rotatable bonds is 6. The summed E-state index contributed by atoms with van der Waals surface area (Å²) in [5.41, 5.74) is 0. The van der Waals surface area contributed by atoms with Crippen LogP contribution in [0.15, 0.2) is 21.2 Å². The Morgan fingerprint density at radius 1 is 1.44 bits per heavy atom. The van der Waals surface area contributed by atoms with Crippen LogP contribution >= 0.6 is 15.9 Å². The molecule has 0 spiro atoms. The summed E-state index contributed by atoms with van der Waals surface area (Å²) in [6, 6.07) is 1.94. The largest absolute Gasteiger partial charge is 0.467 e. The molecule has 0 atom stereocenters. The van der Waals surface area contributed by atoms with Gasteiger partial charge in [-0.05, 0) is 73.4 Å². The standard InChI is InChI=1S/C14H23BrN2O/c1-12-3-8-17(9-4-12)7-2-6-16-11-14-13(15)5-10-18-14/h5,10,12,16H,2-4,6-9,11H2,1H3. The molecule has 2 heterocycles. The van der Waals surface area contributed by atoms with Gasteiger partial charge in [0.25, 0.3) is 0 Å². The summed E-state index contributed by atoms with van der Waals surface area (Å²) < 4.78 is 6.41. The summed E-state index contributed by atoms with van der Waals surface area (Å²) in [7, 11) is 0. The summed E-state index contributed by atoms with van der Waals surface area (Å²) in [4.78, 5) is 2.59. The van der Waals surface area contributed by atoms with Crippen molar-refractivity contribution in [2.75, 3.05) is 26.2 Å². The molecule has 1 aromatic rings. The van der Waals surface area contributed by atoms with E-state index in [1.807, 2.05) is 6.07 Å². The molecule has 0 unspecified atom stereocenters. The Kier molecular flexibility index (Phi) is 5.73. The van der Waals surface area contributed by atoms with Crippen LogP contribution in [-0.2, 0) is 6.54 Å². The smallest absolute Gasteiger partial charge is 0.131 e. The Balaban J connectivity index is 1.53. The van der Waals surface area contributed by atoms with Gasteiger partial charge in [-0.25, -0.2) is 0 Å². The molecule has 1 aliphatic rings. The third-order valence-corrected chi connectivity index (χ3v) is 4.39. The van der Waals surface area contributed by atoms with E-state index in [-0.39, 0.29) is 0 Å². The van der Waals surface area contributed by atoms with Crippen molar-refractivity contribution < 1.29 is 4.42 Å². The normalized spacial score (nSPS) is 18.3. The predicted molar refractivity (Wildman–Crippen MR) is 77.6 cm³/mol. The lowest BCUT2D eigenvalue weighted by atomic mass is 9.99. The molecule has 1 aliphatic heterocycles. The van der Waals surface area contributed by atoms with Gasteiger partial charge < -0.3 is 14.6 Å². The van der Waals surface area contributed by atoms with Crippen molar-refractivity contribution >= 4 is 15.9 Å². The lowest BCUT2D eigenvalue weighted by Crippen LogP contribution is -2.34. The first kappa shape index (κ1) is 14.1. The van der Waals surface area contributed by atoms with Crippen LogP contribution in [0.3, 0.4) is 0 Å². The summed E-state index contributed by atoms with van der Waals surface area (Å²) in [6.07, 6.45) is 5.67. The van der Waals surface area contributed by atoms with Crippen molar-refractivity contribution in [2.24, 2.45) is 5.92 Å². The van der Waals surface area contributed by atoms with Crippen molar-refractivity contribution in [2.45, 2.75) is 32.7 Å². The summed E-state index contributed by atoms with van der Waals surface area (Å²) in [5, 5.41) is 3.43. The Bertz CT molecular complexity index is 345. The van der Waals surface area contributed by atoms with E-state index >= 15 is 0 Å². The van der Waals surface area contributed by atoms with E-state index in [0.717, 1.165) is 29.2 Å². The molecule has 0 radical (unpaired) electrons. The van der Waals surface area contributed by atoms with Crippen LogP contribution in [-0.4, -0.2) is 31.1 Å². The maximum Gasteiger partial charge on any atom is 0.131 e. The Hall–Kier alpha value is -0.320. The van der Waals surface area contributed by atoms with Crippen LogP contribution in [0.2, 0.25) is 0 Å². The first-order chi connectivity index (χ1) is 8.75. The van der Waals surface area contributed by atoms with Gasteiger partial charge in [-0.2, -0.15) is 0 Å². The fourth-order valence-corrected chi connectivity index (χ4v) is 2.71. The number of furan rings is 1. The average molecular weight is 315 g/mol. The summed E-state index contributed by atoms with van der Waals surface area (Å²) in [6.45, 7) is 8.01. The lowest BCUT2D eigenvalue weighted by Gasteiger charge is -2.30. The number of hydrogen-bond acceptors (Lipinski definition) is 3.